The molecule has 5 heteroatoms. The van der Waals surface area contributed by atoms with Crippen LogP contribution in [0.15, 0.2) is 36.4 Å². The molecule has 1 heterocycles. The molecule has 23 heavy (non-hydrogen) atoms. The maximum atomic E-state index is 11.7. The minimum absolute atomic E-state index is 0.398. The highest BCUT2D eigenvalue weighted by Crippen LogP contribution is 2.18. The summed E-state index contributed by atoms with van der Waals surface area (Å²) >= 11 is 1.79. The van der Waals surface area contributed by atoms with Crippen LogP contribution in [-0.4, -0.2) is 11.7 Å². The van der Waals surface area contributed by atoms with Gasteiger partial charge in [0.1, 0.15) is 5.60 Å². The second-order valence-corrected chi connectivity index (χ2v) is 7.79. The fraction of sp³-hybridized carbons (Fsp3) is 0.389. The zero-order valence-corrected chi connectivity index (χ0v) is 14.9. The second-order valence-electron chi connectivity index (χ2n) is 6.42. The van der Waals surface area contributed by atoms with E-state index in [-0.39, 0.29) is 0 Å². The first-order valence-corrected chi connectivity index (χ1v) is 8.48. The number of alkyl carbamates (subject to hydrolysis) is 1. The maximum Gasteiger partial charge on any atom is 0.407 e. The van der Waals surface area contributed by atoms with E-state index in [0.717, 1.165) is 17.8 Å². The van der Waals surface area contributed by atoms with Crippen LogP contribution in [0.25, 0.3) is 0 Å². The molecule has 0 bridgehead atoms. The van der Waals surface area contributed by atoms with Crippen molar-refractivity contribution in [3.63, 3.8) is 0 Å². The molecular formula is C18H24N2O2S. The first-order valence-electron chi connectivity index (χ1n) is 7.67. The van der Waals surface area contributed by atoms with E-state index in [2.05, 4.69) is 29.7 Å². The third-order valence-corrected chi connectivity index (χ3v) is 4.03. The van der Waals surface area contributed by atoms with Gasteiger partial charge in [0.2, 0.25) is 0 Å². The summed E-state index contributed by atoms with van der Waals surface area (Å²) in [5, 5.41) is 6.18. The van der Waals surface area contributed by atoms with Crippen molar-refractivity contribution in [2.45, 2.75) is 46.4 Å². The molecule has 2 N–H and O–H groups in total. The van der Waals surface area contributed by atoms with Gasteiger partial charge in [0.05, 0.1) is 0 Å². The summed E-state index contributed by atoms with van der Waals surface area (Å²) in [6.07, 6.45) is -0.398. The Hall–Kier alpha value is -2.01. The van der Waals surface area contributed by atoms with Gasteiger partial charge >= 0.3 is 6.09 Å². The Balaban J connectivity index is 1.85. The van der Waals surface area contributed by atoms with Gasteiger partial charge in [-0.2, -0.15) is 0 Å². The number of ether oxygens (including phenoxy) is 1. The number of aryl methyl sites for hydroxylation is 1. The number of nitrogens with one attached hydrogen (secondary N) is 2. The van der Waals surface area contributed by atoms with Crippen LogP contribution in [0.1, 0.15) is 36.1 Å². The van der Waals surface area contributed by atoms with E-state index in [0.29, 0.717) is 6.54 Å². The fourth-order valence-corrected chi connectivity index (χ4v) is 2.88. The maximum absolute atomic E-state index is 11.7. The summed E-state index contributed by atoms with van der Waals surface area (Å²) in [6.45, 7) is 8.91. The Labute approximate surface area is 141 Å². The highest BCUT2D eigenvalue weighted by Gasteiger charge is 2.15. The van der Waals surface area contributed by atoms with Crippen LogP contribution in [0, 0.1) is 6.92 Å². The number of amides is 1. The van der Waals surface area contributed by atoms with Gasteiger partial charge in [-0.05, 0) is 57.5 Å². The summed E-state index contributed by atoms with van der Waals surface area (Å²) in [6, 6.07) is 12.3. The zero-order valence-electron chi connectivity index (χ0n) is 14.1. The highest BCUT2D eigenvalue weighted by atomic mass is 32.1. The molecule has 2 rings (SSSR count). The number of hydrogen-bond donors (Lipinski definition) is 2. The summed E-state index contributed by atoms with van der Waals surface area (Å²) in [5.74, 6) is 0. The summed E-state index contributed by atoms with van der Waals surface area (Å²) < 4.78 is 5.23. The van der Waals surface area contributed by atoms with E-state index in [1.54, 1.807) is 11.3 Å². The van der Waals surface area contributed by atoms with Crippen molar-refractivity contribution in [2.75, 3.05) is 5.32 Å². The van der Waals surface area contributed by atoms with E-state index in [9.17, 15) is 4.79 Å². The Morgan fingerprint density at radius 3 is 2.61 bits per heavy atom. The number of hydrogen-bond acceptors (Lipinski definition) is 4. The number of anilines is 1. The van der Waals surface area contributed by atoms with Gasteiger partial charge in [-0.15, -0.1) is 11.3 Å². The third-order valence-electron chi connectivity index (χ3n) is 3.03. The minimum Gasteiger partial charge on any atom is -0.444 e. The van der Waals surface area contributed by atoms with Crippen LogP contribution in [0.5, 0.6) is 0 Å². The molecule has 0 saturated carbocycles. The van der Waals surface area contributed by atoms with Gasteiger partial charge in [0.15, 0.2) is 0 Å². The smallest absolute Gasteiger partial charge is 0.407 e. The lowest BCUT2D eigenvalue weighted by atomic mass is 10.2. The van der Waals surface area contributed by atoms with Crippen LogP contribution < -0.4 is 10.6 Å². The highest BCUT2D eigenvalue weighted by molar-refractivity contribution is 7.11. The molecule has 0 aliphatic carbocycles. The molecule has 0 aliphatic rings. The number of carbonyl (C=O) groups is 1. The van der Waals surface area contributed by atoms with Gasteiger partial charge in [-0.1, -0.05) is 12.1 Å². The first kappa shape index (κ1) is 17.3. The number of carbonyl (C=O) groups excluding carboxylic acids is 1. The Morgan fingerprint density at radius 1 is 1.17 bits per heavy atom. The number of thiophene rings is 1. The molecule has 0 radical (unpaired) electrons. The topological polar surface area (TPSA) is 50.4 Å². The average molecular weight is 332 g/mol. The lowest BCUT2D eigenvalue weighted by Gasteiger charge is -2.19. The third kappa shape index (κ3) is 6.32. The Bertz CT molecular complexity index is 659. The summed E-state index contributed by atoms with van der Waals surface area (Å²) in [7, 11) is 0. The van der Waals surface area contributed by atoms with E-state index in [4.69, 9.17) is 4.74 Å². The molecule has 1 aromatic heterocycles. The van der Waals surface area contributed by atoms with Gasteiger partial charge < -0.3 is 15.4 Å². The molecule has 0 saturated heterocycles. The van der Waals surface area contributed by atoms with E-state index in [1.807, 2.05) is 45.0 Å². The van der Waals surface area contributed by atoms with Gasteiger partial charge in [0, 0.05) is 28.5 Å². The van der Waals surface area contributed by atoms with E-state index in [1.165, 1.54) is 9.75 Å². The van der Waals surface area contributed by atoms with Crippen LogP contribution in [0.3, 0.4) is 0 Å². The average Bonchev–Trinajstić information content (AvgIpc) is 2.87. The van der Waals surface area contributed by atoms with Crippen molar-refractivity contribution in [2.24, 2.45) is 0 Å². The first-order chi connectivity index (χ1) is 10.8. The Kier molecular flexibility index (Phi) is 5.66. The Morgan fingerprint density at radius 2 is 1.96 bits per heavy atom. The molecule has 0 unspecified atom stereocenters. The summed E-state index contributed by atoms with van der Waals surface area (Å²) in [5.41, 5.74) is 1.59. The van der Waals surface area contributed by atoms with Crippen LogP contribution in [0.2, 0.25) is 0 Å². The lowest BCUT2D eigenvalue weighted by molar-refractivity contribution is 0.0523. The molecule has 2 aromatic rings. The number of rotatable bonds is 5. The van der Waals surface area contributed by atoms with Crippen molar-refractivity contribution in [1.82, 2.24) is 5.32 Å². The van der Waals surface area contributed by atoms with Crippen LogP contribution in [-0.2, 0) is 17.8 Å². The van der Waals surface area contributed by atoms with Crippen LogP contribution in [0.4, 0.5) is 10.5 Å². The van der Waals surface area contributed by atoms with Gasteiger partial charge in [-0.25, -0.2) is 4.79 Å². The fourth-order valence-electron chi connectivity index (χ4n) is 2.05. The molecule has 124 valence electrons. The lowest BCUT2D eigenvalue weighted by Crippen LogP contribution is -2.32. The predicted molar refractivity (Wildman–Crippen MR) is 95.9 cm³/mol. The molecule has 1 amide bonds. The molecule has 4 nitrogen and oxygen atoms in total. The predicted octanol–water partition coefficient (Wildman–Crippen LogP) is 4.69. The molecule has 1 aromatic carbocycles. The van der Waals surface area contributed by atoms with Crippen molar-refractivity contribution < 1.29 is 9.53 Å². The van der Waals surface area contributed by atoms with Gasteiger partial charge in [-0.3, -0.25) is 0 Å². The SMILES string of the molecule is Cc1ccc(CNc2cccc(CNC(=O)OC(C)(C)C)c2)s1. The molecule has 0 spiro atoms. The van der Waals surface area contributed by atoms with Gasteiger partial charge in [0.25, 0.3) is 0 Å². The summed E-state index contributed by atoms with van der Waals surface area (Å²) in [4.78, 5) is 14.3. The second kappa shape index (κ2) is 7.51. The number of benzene rings is 1. The van der Waals surface area contributed by atoms with Crippen LogP contribution >= 0.6 is 11.3 Å². The molecule has 0 aliphatic heterocycles. The molecule has 0 fully saturated rings. The largest absolute Gasteiger partial charge is 0.444 e. The van der Waals surface area contributed by atoms with E-state index >= 15 is 0 Å². The van der Waals surface area contributed by atoms with Crippen molar-refractivity contribution in [1.29, 1.82) is 0 Å². The minimum atomic E-state index is -0.480. The van der Waals surface area contributed by atoms with Crippen molar-refractivity contribution in [3.8, 4) is 0 Å². The van der Waals surface area contributed by atoms with Crippen molar-refractivity contribution >= 4 is 23.1 Å². The van der Waals surface area contributed by atoms with Crippen molar-refractivity contribution in [3.05, 3.63) is 51.7 Å². The normalized spacial score (nSPS) is 11.1. The standard InChI is InChI=1S/C18H24N2O2S/c1-13-8-9-16(23-13)12-19-15-7-5-6-14(10-15)11-20-17(21)22-18(2,3)4/h5-10,19H,11-12H2,1-4H3,(H,20,21). The molecular weight excluding hydrogens is 308 g/mol. The zero-order chi connectivity index (χ0) is 16.9. The molecule has 0 atom stereocenters. The monoisotopic (exact) mass is 332 g/mol. The quantitative estimate of drug-likeness (QED) is 0.835. The van der Waals surface area contributed by atoms with E-state index < -0.39 is 11.7 Å².